The van der Waals surface area contributed by atoms with Gasteiger partial charge in [-0.3, -0.25) is 38.7 Å². The molecule has 12 rings (SSSR count). The van der Waals surface area contributed by atoms with Gasteiger partial charge in [-0.2, -0.15) is 0 Å². The van der Waals surface area contributed by atoms with Crippen LogP contribution in [0.3, 0.4) is 0 Å². The second kappa shape index (κ2) is 18.5. The molecule has 73 heavy (non-hydrogen) atoms. The summed E-state index contributed by atoms with van der Waals surface area (Å²) in [5.41, 5.74) is 16.5. The van der Waals surface area contributed by atoms with Crippen LogP contribution in [0.2, 0.25) is 0 Å². The smallest absolute Gasteiger partial charge is 0.332 e. The fraction of sp³-hybridized carbons (Fsp3) is 0.400. The Labute approximate surface area is 421 Å². The van der Waals surface area contributed by atoms with E-state index in [2.05, 4.69) is 67.4 Å². The van der Waals surface area contributed by atoms with Crippen LogP contribution in [0, 0.1) is 0 Å². The zero-order valence-electron chi connectivity index (χ0n) is 41.4. The highest BCUT2D eigenvalue weighted by Gasteiger charge is 2.47. The van der Waals surface area contributed by atoms with E-state index in [9.17, 15) is 23.6 Å². The number of hydrogen-bond donors (Lipinski definition) is 2. The number of nitrogens with zero attached hydrogens (tertiary/aromatic N) is 10. The van der Waals surface area contributed by atoms with E-state index in [1.165, 1.54) is 11.1 Å². The third-order valence-corrected chi connectivity index (χ3v) is 16.2. The first-order valence-corrected chi connectivity index (χ1v) is 25.6. The summed E-state index contributed by atoms with van der Waals surface area (Å²) in [4.78, 5) is 65.2. The number of imide groups is 1. The van der Waals surface area contributed by atoms with Gasteiger partial charge in [-0.1, -0.05) is 39.9 Å². The zero-order valence-corrected chi connectivity index (χ0v) is 41.4. The van der Waals surface area contributed by atoms with Gasteiger partial charge in [0.1, 0.15) is 35.9 Å². The molecule has 18 heteroatoms. The Morgan fingerprint density at radius 3 is 2.42 bits per heavy atom. The second-order valence-corrected chi connectivity index (χ2v) is 20.5. The SMILES string of the molecule is COc1ccc(CN(C)c2cc(N3CCc4c(-c5cc(N6CCN([C@H]7CC[C@H](c8ccc9c(c8)n(C)c(=O)n9C8CCC(=O)NC8=O)CC7)CC6)ccn5)cccc43)n[n+]3c(C(N)=O)cn([C@@H]4C[C@@H]4F)c23)cc1. The molecule has 5 aliphatic rings. The number of alkyl halides is 1. The number of methoxy groups -OCH3 is 1. The van der Waals surface area contributed by atoms with Crippen molar-refractivity contribution in [1.29, 1.82) is 0 Å². The molecule has 0 bridgehead atoms. The van der Waals surface area contributed by atoms with Gasteiger partial charge in [0.05, 0.1) is 23.8 Å². The van der Waals surface area contributed by atoms with Gasteiger partial charge in [0.15, 0.2) is 5.82 Å². The number of carbonyl (C=O) groups is 3. The van der Waals surface area contributed by atoms with E-state index in [4.69, 9.17) is 20.6 Å². The number of aryl methyl sites for hydroxylation is 1. The molecule has 3 aliphatic heterocycles. The molecule has 3 N–H and O–H groups in total. The van der Waals surface area contributed by atoms with Gasteiger partial charge >= 0.3 is 11.3 Å². The first-order chi connectivity index (χ1) is 35.4. The molecule has 7 heterocycles. The molecule has 0 spiro atoms. The van der Waals surface area contributed by atoms with Crippen molar-refractivity contribution in [2.45, 2.75) is 88.1 Å². The first-order valence-electron chi connectivity index (χ1n) is 25.6. The highest BCUT2D eigenvalue weighted by Crippen LogP contribution is 2.44. The minimum Gasteiger partial charge on any atom is -0.497 e. The molecule has 0 radical (unpaired) electrons. The van der Waals surface area contributed by atoms with Crippen molar-refractivity contribution in [1.82, 2.24) is 34.0 Å². The van der Waals surface area contributed by atoms with Gasteiger partial charge in [0.25, 0.3) is 11.6 Å². The number of halogens is 1. The monoisotopic (exact) mass is 987 g/mol. The number of rotatable bonds is 12. The molecule has 376 valence electrons. The summed E-state index contributed by atoms with van der Waals surface area (Å²) >= 11 is 0. The number of piperidine rings is 1. The van der Waals surface area contributed by atoms with E-state index < -0.39 is 30.1 Å². The topological polar surface area (TPSA) is 173 Å². The van der Waals surface area contributed by atoms with Gasteiger partial charge in [-0.15, -0.1) is 0 Å². The fourth-order valence-electron chi connectivity index (χ4n) is 12.2. The van der Waals surface area contributed by atoms with Crippen molar-refractivity contribution in [3.8, 4) is 17.0 Å². The Kier molecular flexibility index (Phi) is 11.8. The van der Waals surface area contributed by atoms with Crippen LogP contribution in [0.15, 0.2) is 96.1 Å². The number of primary amides is 1. The third-order valence-electron chi connectivity index (χ3n) is 16.2. The van der Waals surface area contributed by atoms with Crippen LogP contribution in [0.25, 0.3) is 27.9 Å². The highest BCUT2D eigenvalue weighted by atomic mass is 19.1. The van der Waals surface area contributed by atoms with E-state index in [-0.39, 0.29) is 23.7 Å². The molecule has 2 saturated carbocycles. The number of piperazine rings is 1. The predicted molar refractivity (Wildman–Crippen MR) is 275 cm³/mol. The van der Waals surface area contributed by atoms with Crippen molar-refractivity contribution in [2.24, 2.45) is 12.8 Å². The molecule has 3 atom stereocenters. The number of hydrogen-bond acceptors (Lipinski definition) is 11. The number of imidazole rings is 2. The normalized spacial score (nSPS) is 22.2. The number of fused-ring (bicyclic) bond motifs is 3. The average Bonchev–Trinajstić information content (AvgIpc) is 3.68. The summed E-state index contributed by atoms with van der Waals surface area (Å²) in [5.74, 6) is 0.464. The van der Waals surface area contributed by atoms with Gasteiger partial charge in [-0.05, 0) is 104 Å². The quantitative estimate of drug-likeness (QED) is 0.111. The van der Waals surface area contributed by atoms with Crippen molar-refractivity contribution >= 4 is 57.3 Å². The second-order valence-electron chi connectivity index (χ2n) is 20.5. The maximum Gasteiger partial charge on any atom is 0.332 e. The third kappa shape index (κ3) is 8.34. The van der Waals surface area contributed by atoms with Crippen molar-refractivity contribution < 1.29 is 28.0 Å². The van der Waals surface area contributed by atoms with Crippen LogP contribution in [0.1, 0.15) is 90.1 Å². The number of carbonyl (C=O) groups excluding carboxylic acids is 3. The number of anilines is 4. The molecular formula is C55H60FN12O5+. The molecule has 4 fully saturated rings. The summed E-state index contributed by atoms with van der Waals surface area (Å²) in [6, 6.07) is 26.3. The minimum absolute atomic E-state index is 0.195. The number of nitrogens with one attached hydrogen (secondary N) is 1. The maximum atomic E-state index is 14.8. The van der Waals surface area contributed by atoms with E-state index in [0.717, 1.165) is 109 Å². The highest BCUT2D eigenvalue weighted by molar-refractivity contribution is 6.00. The van der Waals surface area contributed by atoms with Gasteiger partial charge in [-0.25, -0.2) is 13.8 Å². The van der Waals surface area contributed by atoms with Gasteiger partial charge in [0, 0.05) is 101 Å². The molecule has 1 unspecified atom stereocenters. The van der Waals surface area contributed by atoms with Crippen molar-refractivity contribution in [3.63, 3.8) is 0 Å². The molecule has 3 amide bonds. The number of aromatic nitrogens is 6. The van der Waals surface area contributed by atoms with Crippen LogP contribution in [-0.4, -0.2) is 106 Å². The van der Waals surface area contributed by atoms with E-state index in [0.29, 0.717) is 49.4 Å². The minimum atomic E-state index is -1.01. The van der Waals surface area contributed by atoms with E-state index in [1.807, 2.05) is 54.2 Å². The Morgan fingerprint density at radius 1 is 0.918 bits per heavy atom. The number of nitrogens with two attached hydrogens (primary N) is 1. The lowest BCUT2D eigenvalue weighted by atomic mass is 9.81. The standard InChI is InChI=1S/C55H59FN12O5/c1-61(31-33-7-14-38(73-3)15-8-33)48-30-50(60-68-49(52(57)70)32-66(54(48)68)46-29-41(46)56)65-22-20-40-39(5-4-6-43(40)65)42-28-37(19-21-58-42)64-25-23-63(24-26-64)36-12-9-34(10-13-36)35-11-16-44-47(27-35)62(2)55(72)67(44)45-17-18-51(69)59-53(45)71/h4-8,11,14-16,19,21,27-28,30,32,34,36,41,45-46H,9-10,12-13,17-18,20,22-26,29,31H2,1-3H3,(H2-,57,59,69,70,71)/p+1/t34-,36-,41-,45?,46+/m0/s1. The lowest BCUT2D eigenvalue weighted by Crippen LogP contribution is -2.51. The molecule has 4 aromatic heterocycles. The van der Waals surface area contributed by atoms with Crippen LogP contribution in [0.5, 0.6) is 5.75 Å². The molecule has 7 aromatic rings. The van der Waals surface area contributed by atoms with Crippen LogP contribution < -0.4 is 40.7 Å². The predicted octanol–water partition coefficient (Wildman–Crippen LogP) is 5.88. The Balaban J connectivity index is 0.737. The van der Waals surface area contributed by atoms with Crippen molar-refractivity contribution in [3.05, 3.63) is 124 Å². The van der Waals surface area contributed by atoms with Gasteiger partial charge in [0.2, 0.25) is 11.8 Å². The lowest BCUT2D eigenvalue weighted by Gasteiger charge is -2.42. The molecule has 2 aliphatic carbocycles. The maximum absolute atomic E-state index is 14.8. The van der Waals surface area contributed by atoms with E-state index in [1.54, 1.807) is 34.0 Å². The summed E-state index contributed by atoms with van der Waals surface area (Å²) < 4.78 is 26.8. The van der Waals surface area contributed by atoms with Crippen LogP contribution in [0.4, 0.5) is 27.3 Å². The zero-order chi connectivity index (χ0) is 50.2. The number of pyridine rings is 1. The lowest BCUT2D eigenvalue weighted by molar-refractivity contribution is -0.580. The largest absolute Gasteiger partial charge is 0.497 e. The van der Waals surface area contributed by atoms with Gasteiger partial charge < -0.3 is 25.2 Å². The average molecular weight is 988 g/mol. The van der Waals surface area contributed by atoms with E-state index >= 15 is 0 Å². The summed E-state index contributed by atoms with van der Waals surface area (Å²) in [6.07, 6.45) is 8.57. The number of benzene rings is 3. The molecule has 3 aromatic carbocycles. The van der Waals surface area contributed by atoms with Crippen LogP contribution in [-0.2, 0) is 29.6 Å². The molecular weight excluding hydrogens is 928 g/mol. The molecule has 17 nitrogen and oxygen atoms in total. The molecule has 2 saturated heterocycles. The Morgan fingerprint density at radius 2 is 1.70 bits per heavy atom. The van der Waals surface area contributed by atoms with Crippen LogP contribution >= 0.6 is 0 Å². The fourth-order valence-corrected chi connectivity index (χ4v) is 12.2. The summed E-state index contributed by atoms with van der Waals surface area (Å²) in [5, 5.41) is 7.47. The summed E-state index contributed by atoms with van der Waals surface area (Å²) in [6.45, 7) is 5.00. The first kappa shape index (κ1) is 46.5. The number of ether oxygens (including phenoxy) is 1. The Hall–Kier alpha value is -7.60. The van der Waals surface area contributed by atoms with Crippen molar-refractivity contribution in [2.75, 3.05) is 61.6 Å². The summed E-state index contributed by atoms with van der Waals surface area (Å²) in [7, 11) is 5.40. The number of amides is 3. The Bertz CT molecular complexity index is 3390.